The number of aliphatic hydroxyl groups excluding tert-OH is 1. The van der Waals surface area contributed by atoms with E-state index < -0.39 is 6.23 Å². The average molecular weight is 193 g/mol. The van der Waals surface area contributed by atoms with Gasteiger partial charge < -0.3 is 10.2 Å². The van der Waals surface area contributed by atoms with Crippen LogP contribution in [0.3, 0.4) is 0 Å². The zero-order chi connectivity index (χ0) is 9.97. The van der Waals surface area contributed by atoms with Crippen LogP contribution in [0, 0.1) is 0 Å². The summed E-state index contributed by atoms with van der Waals surface area (Å²) in [4.78, 5) is 0. The molecule has 76 valence electrons. The Hall–Kier alpha value is -1.06. The largest absolute Gasteiger partial charge is 0.508 e. The van der Waals surface area contributed by atoms with E-state index in [0.717, 1.165) is 24.8 Å². The number of hydrogen-bond donors (Lipinski definition) is 3. The van der Waals surface area contributed by atoms with Crippen LogP contribution >= 0.6 is 0 Å². The van der Waals surface area contributed by atoms with Gasteiger partial charge in [0.1, 0.15) is 12.0 Å². The molecule has 3 nitrogen and oxygen atoms in total. The summed E-state index contributed by atoms with van der Waals surface area (Å²) in [5, 5.41) is 22.1. The Morgan fingerprint density at radius 1 is 1.21 bits per heavy atom. The first kappa shape index (κ1) is 9.49. The van der Waals surface area contributed by atoms with Crippen molar-refractivity contribution in [3.63, 3.8) is 0 Å². The molecule has 1 aromatic rings. The Morgan fingerprint density at radius 3 is 2.71 bits per heavy atom. The first-order valence-electron chi connectivity index (χ1n) is 4.99. The number of benzene rings is 1. The molecule has 0 radical (unpaired) electrons. The Bertz CT molecular complexity index is 314. The van der Waals surface area contributed by atoms with E-state index in [9.17, 15) is 10.2 Å². The monoisotopic (exact) mass is 193 g/mol. The van der Waals surface area contributed by atoms with Crippen molar-refractivity contribution in [3.05, 3.63) is 29.8 Å². The fourth-order valence-corrected chi connectivity index (χ4v) is 1.94. The summed E-state index contributed by atoms with van der Waals surface area (Å²) >= 11 is 0. The minimum Gasteiger partial charge on any atom is -0.508 e. The summed E-state index contributed by atoms with van der Waals surface area (Å²) < 4.78 is 0. The fraction of sp³-hybridized carbons (Fsp3) is 0.455. The maximum atomic E-state index is 9.63. The molecule has 1 aliphatic heterocycles. The van der Waals surface area contributed by atoms with Crippen molar-refractivity contribution in [2.24, 2.45) is 0 Å². The first-order chi connectivity index (χ1) is 6.77. The van der Waals surface area contributed by atoms with Crippen molar-refractivity contribution < 1.29 is 10.2 Å². The third-order valence-electron chi connectivity index (χ3n) is 2.68. The number of para-hydroxylation sites is 1. The Morgan fingerprint density at radius 2 is 2.00 bits per heavy atom. The van der Waals surface area contributed by atoms with Crippen molar-refractivity contribution in [2.45, 2.75) is 31.5 Å². The van der Waals surface area contributed by atoms with E-state index in [1.165, 1.54) is 0 Å². The van der Waals surface area contributed by atoms with Gasteiger partial charge in [0.05, 0.1) is 0 Å². The van der Waals surface area contributed by atoms with Crippen molar-refractivity contribution in [1.29, 1.82) is 0 Å². The van der Waals surface area contributed by atoms with Crippen LogP contribution < -0.4 is 5.32 Å². The molecule has 0 spiro atoms. The van der Waals surface area contributed by atoms with Crippen molar-refractivity contribution >= 4 is 0 Å². The summed E-state index contributed by atoms with van der Waals surface area (Å²) in [5.74, 6) is 0.305. The van der Waals surface area contributed by atoms with E-state index in [2.05, 4.69) is 5.32 Å². The zero-order valence-corrected chi connectivity index (χ0v) is 7.98. The highest BCUT2D eigenvalue weighted by molar-refractivity contribution is 5.34. The number of rotatable bonds is 1. The van der Waals surface area contributed by atoms with Gasteiger partial charge in [-0.25, -0.2) is 0 Å². The number of phenolic OH excluding ortho intramolecular Hbond substituents is 1. The standard InChI is InChI=1S/C11H15NO2/c13-10-6-2-1-4-8(10)9-5-3-7-11(14)12-9/h1-2,4,6,9,11-14H,3,5,7H2. The summed E-state index contributed by atoms with van der Waals surface area (Å²) in [6, 6.07) is 7.36. The minimum atomic E-state index is -0.437. The SMILES string of the molecule is Oc1ccccc1C1CCCC(O)N1. The Labute approximate surface area is 83.4 Å². The summed E-state index contributed by atoms with van der Waals surface area (Å²) in [6.07, 6.45) is 2.32. The molecule has 0 amide bonds. The molecule has 3 heteroatoms. The summed E-state index contributed by atoms with van der Waals surface area (Å²) in [5.41, 5.74) is 0.881. The first-order valence-corrected chi connectivity index (χ1v) is 4.99. The molecule has 1 aromatic carbocycles. The minimum absolute atomic E-state index is 0.0833. The predicted octanol–water partition coefficient (Wildman–Crippen LogP) is 1.53. The molecular weight excluding hydrogens is 178 g/mol. The highest BCUT2D eigenvalue weighted by atomic mass is 16.3. The number of hydrogen-bond acceptors (Lipinski definition) is 3. The second-order valence-corrected chi connectivity index (χ2v) is 3.72. The van der Waals surface area contributed by atoms with Gasteiger partial charge in [-0.2, -0.15) is 0 Å². The van der Waals surface area contributed by atoms with Gasteiger partial charge in [0.2, 0.25) is 0 Å². The third kappa shape index (κ3) is 1.89. The van der Waals surface area contributed by atoms with Crippen LogP contribution in [-0.2, 0) is 0 Å². The van der Waals surface area contributed by atoms with E-state index in [0.29, 0.717) is 5.75 Å². The van der Waals surface area contributed by atoms with E-state index in [1.807, 2.05) is 12.1 Å². The normalized spacial score (nSPS) is 27.5. The number of nitrogens with one attached hydrogen (secondary N) is 1. The smallest absolute Gasteiger partial charge is 0.120 e. The fourth-order valence-electron chi connectivity index (χ4n) is 1.94. The highest BCUT2D eigenvalue weighted by Crippen LogP contribution is 2.30. The van der Waals surface area contributed by atoms with Gasteiger partial charge in [-0.1, -0.05) is 18.2 Å². The maximum absolute atomic E-state index is 9.63. The second kappa shape index (κ2) is 3.98. The van der Waals surface area contributed by atoms with Gasteiger partial charge in [-0.05, 0) is 25.3 Å². The molecule has 1 saturated heterocycles. The van der Waals surface area contributed by atoms with Crippen LogP contribution in [0.25, 0.3) is 0 Å². The molecule has 2 atom stereocenters. The number of phenols is 1. The lowest BCUT2D eigenvalue weighted by Crippen LogP contribution is -2.36. The molecule has 0 aliphatic carbocycles. The predicted molar refractivity (Wildman–Crippen MR) is 53.8 cm³/mol. The van der Waals surface area contributed by atoms with E-state index in [-0.39, 0.29) is 6.04 Å². The molecule has 1 aliphatic rings. The van der Waals surface area contributed by atoms with Crippen LogP contribution in [0.1, 0.15) is 30.9 Å². The summed E-state index contributed by atoms with van der Waals surface area (Å²) in [7, 11) is 0. The molecule has 3 N–H and O–H groups in total. The van der Waals surface area contributed by atoms with E-state index in [4.69, 9.17) is 0 Å². The molecule has 2 rings (SSSR count). The lowest BCUT2D eigenvalue weighted by atomic mass is 9.96. The van der Waals surface area contributed by atoms with Gasteiger partial charge in [0, 0.05) is 11.6 Å². The molecule has 0 aromatic heterocycles. The van der Waals surface area contributed by atoms with E-state index >= 15 is 0 Å². The van der Waals surface area contributed by atoms with Crippen molar-refractivity contribution in [2.75, 3.05) is 0 Å². The molecule has 1 heterocycles. The van der Waals surface area contributed by atoms with Gasteiger partial charge in [-0.15, -0.1) is 0 Å². The van der Waals surface area contributed by atoms with Gasteiger partial charge in [0.25, 0.3) is 0 Å². The quantitative estimate of drug-likeness (QED) is 0.634. The Kier molecular flexibility index (Phi) is 2.70. The van der Waals surface area contributed by atoms with Gasteiger partial charge in [0.15, 0.2) is 0 Å². The average Bonchev–Trinajstić information content (AvgIpc) is 2.18. The van der Waals surface area contributed by atoms with Crippen molar-refractivity contribution in [1.82, 2.24) is 5.32 Å². The Balaban J connectivity index is 2.18. The molecule has 1 fully saturated rings. The number of piperidine rings is 1. The number of aromatic hydroxyl groups is 1. The maximum Gasteiger partial charge on any atom is 0.120 e. The lowest BCUT2D eigenvalue weighted by molar-refractivity contribution is 0.0847. The lowest BCUT2D eigenvalue weighted by Gasteiger charge is -2.28. The highest BCUT2D eigenvalue weighted by Gasteiger charge is 2.21. The van der Waals surface area contributed by atoms with Crippen LogP contribution in [0.2, 0.25) is 0 Å². The molecule has 2 unspecified atom stereocenters. The van der Waals surface area contributed by atoms with E-state index in [1.54, 1.807) is 12.1 Å². The van der Waals surface area contributed by atoms with Crippen molar-refractivity contribution in [3.8, 4) is 5.75 Å². The zero-order valence-electron chi connectivity index (χ0n) is 7.98. The second-order valence-electron chi connectivity index (χ2n) is 3.72. The topological polar surface area (TPSA) is 52.5 Å². The third-order valence-corrected chi connectivity index (χ3v) is 2.68. The van der Waals surface area contributed by atoms with Crippen LogP contribution in [0.5, 0.6) is 5.75 Å². The molecular formula is C11H15NO2. The van der Waals surface area contributed by atoms with Crippen LogP contribution in [-0.4, -0.2) is 16.4 Å². The molecule has 0 saturated carbocycles. The van der Waals surface area contributed by atoms with Gasteiger partial charge >= 0.3 is 0 Å². The van der Waals surface area contributed by atoms with Crippen LogP contribution in [0.15, 0.2) is 24.3 Å². The summed E-state index contributed by atoms with van der Waals surface area (Å²) in [6.45, 7) is 0. The van der Waals surface area contributed by atoms with Crippen LogP contribution in [0.4, 0.5) is 0 Å². The van der Waals surface area contributed by atoms with Gasteiger partial charge in [-0.3, -0.25) is 5.32 Å². The molecule has 0 bridgehead atoms. The number of aliphatic hydroxyl groups is 1. The molecule has 14 heavy (non-hydrogen) atoms.